The van der Waals surface area contributed by atoms with E-state index in [4.69, 9.17) is 4.42 Å². The highest BCUT2D eigenvalue weighted by Gasteiger charge is 2.25. The lowest BCUT2D eigenvalue weighted by molar-refractivity contribution is 0.0755. The summed E-state index contributed by atoms with van der Waals surface area (Å²) >= 11 is 1.48. The summed E-state index contributed by atoms with van der Waals surface area (Å²) in [5.41, 5.74) is 1.60. The number of carbonyl (C=O) groups excluding carboxylic acids is 1. The van der Waals surface area contributed by atoms with E-state index in [1.807, 2.05) is 36.1 Å². The van der Waals surface area contributed by atoms with Gasteiger partial charge >= 0.3 is 0 Å². The number of aromatic nitrogens is 1. The summed E-state index contributed by atoms with van der Waals surface area (Å²) in [5, 5.41) is 0.735. The average Bonchev–Trinajstić information content (AvgIpc) is 3.29. The Hall–Kier alpha value is -2.51. The smallest absolute Gasteiger partial charge is 0.273 e. The van der Waals surface area contributed by atoms with Crippen molar-refractivity contribution in [1.82, 2.24) is 14.8 Å². The minimum absolute atomic E-state index is 0.0183. The Morgan fingerprint density at radius 2 is 2.00 bits per heavy atom. The second-order valence-corrected chi connectivity index (χ2v) is 8.15. The van der Waals surface area contributed by atoms with Crippen LogP contribution in [0.1, 0.15) is 27.3 Å². The molecule has 5 nitrogen and oxygen atoms in total. The molecule has 3 aromatic rings. The monoisotopic (exact) mass is 399 g/mol. The maximum atomic E-state index is 13.1. The molecule has 0 bridgehead atoms. The molecular formula is C21H22FN3O2S. The molecule has 1 fully saturated rings. The molecule has 0 aliphatic carbocycles. The molecule has 1 aromatic carbocycles. The Kier molecular flexibility index (Phi) is 5.54. The minimum Gasteiger partial charge on any atom is -0.462 e. The van der Waals surface area contributed by atoms with Crippen molar-refractivity contribution >= 4 is 17.2 Å². The third-order valence-corrected chi connectivity index (χ3v) is 5.91. The summed E-state index contributed by atoms with van der Waals surface area (Å²) in [4.78, 5) is 22.7. The van der Waals surface area contributed by atoms with Gasteiger partial charge in [0, 0.05) is 37.6 Å². The van der Waals surface area contributed by atoms with Crippen molar-refractivity contribution in [3.05, 3.63) is 64.6 Å². The molecule has 3 heterocycles. The van der Waals surface area contributed by atoms with E-state index in [1.165, 1.54) is 23.5 Å². The van der Waals surface area contributed by atoms with E-state index >= 15 is 0 Å². The SMILES string of the molecule is Cc1sc(-c2ccco2)nc1C(=O)N1CCCN(Cc2ccc(F)cc2)CC1. The molecular weight excluding hydrogens is 377 g/mol. The fraction of sp³-hybridized carbons (Fsp3) is 0.333. The van der Waals surface area contributed by atoms with Crippen LogP contribution in [0.3, 0.4) is 0 Å². The van der Waals surface area contributed by atoms with E-state index in [9.17, 15) is 9.18 Å². The van der Waals surface area contributed by atoms with Crippen LogP contribution in [0.2, 0.25) is 0 Å². The van der Waals surface area contributed by atoms with Crippen LogP contribution in [0.5, 0.6) is 0 Å². The Morgan fingerprint density at radius 1 is 1.18 bits per heavy atom. The summed E-state index contributed by atoms with van der Waals surface area (Å²) in [6.45, 7) is 5.77. The molecule has 0 radical (unpaired) electrons. The molecule has 1 amide bonds. The normalized spacial score (nSPS) is 15.6. The van der Waals surface area contributed by atoms with Gasteiger partial charge in [-0.3, -0.25) is 9.69 Å². The zero-order valence-corrected chi connectivity index (χ0v) is 16.5. The molecule has 0 spiro atoms. The summed E-state index contributed by atoms with van der Waals surface area (Å²) in [6, 6.07) is 10.3. The predicted molar refractivity (Wildman–Crippen MR) is 107 cm³/mol. The van der Waals surface area contributed by atoms with Crippen LogP contribution in [-0.2, 0) is 6.54 Å². The van der Waals surface area contributed by atoms with Crippen molar-refractivity contribution in [3.8, 4) is 10.8 Å². The topological polar surface area (TPSA) is 49.6 Å². The first-order chi connectivity index (χ1) is 13.6. The fourth-order valence-corrected chi connectivity index (χ4v) is 4.30. The number of benzene rings is 1. The summed E-state index contributed by atoms with van der Waals surface area (Å²) < 4.78 is 18.5. The average molecular weight is 399 g/mol. The van der Waals surface area contributed by atoms with Gasteiger partial charge in [0.1, 0.15) is 11.5 Å². The molecule has 1 aliphatic rings. The highest BCUT2D eigenvalue weighted by Crippen LogP contribution is 2.28. The van der Waals surface area contributed by atoms with Gasteiger partial charge in [0.05, 0.1) is 6.26 Å². The van der Waals surface area contributed by atoms with Crippen LogP contribution in [0.25, 0.3) is 10.8 Å². The standard InChI is InChI=1S/C21H22FN3O2S/c1-15-19(23-20(28-15)18-4-2-13-27-18)21(26)25-10-3-9-24(11-12-25)14-16-5-7-17(22)8-6-16/h2,4-8,13H,3,9-12,14H2,1H3. The van der Waals surface area contributed by atoms with E-state index in [0.717, 1.165) is 41.5 Å². The van der Waals surface area contributed by atoms with Gasteiger partial charge in [-0.25, -0.2) is 9.37 Å². The van der Waals surface area contributed by atoms with Crippen molar-refractivity contribution < 1.29 is 13.6 Å². The number of nitrogens with zero attached hydrogens (tertiary/aromatic N) is 3. The molecule has 0 N–H and O–H groups in total. The number of rotatable bonds is 4. The van der Waals surface area contributed by atoms with Crippen molar-refractivity contribution in [2.75, 3.05) is 26.2 Å². The van der Waals surface area contributed by atoms with E-state index in [0.29, 0.717) is 24.5 Å². The predicted octanol–water partition coefficient (Wildman–Crippen LogP) is 4.20. The maximum Gasteiger partial charge on any atom is 0.273 e. The van der Waals surface area contributed by atoms with Gasteiger partial charge in [-0.15, -0.1) is 11.3 Å². The number of hydrogen-bond donors (Lipinski definition) is 0. The van der Waals surface area contributed by atoms with Gasteiger partial charge in [-0.05, 0) is 43.2 Å². The summed E-state index contributed by atoms with van der Waals surface area (Å²) in [6.07, 6.45) is 2.51. The number of aryl methyl sites for hydroxylation is 1. The van der Waals surface area contributed by atoms with E-state index in [-0.39, 0.29) is 11.7 Å². The first kappa shape index (κ1) is 18.8. The zero-order valence-electron chi connectivity index (χ0n) is 15.7. The number of amides is 1. The molecule has 1 aliphatic heterocycles. The number of hydrogen-bond acceptors (Lipinski definition) is 5. The largest absolute Gasteiger partial charge is 0.462 e. The third-order valence-electron chi connectivity index (χ3n) is 4.93. The lowest BCUT2D eigenvalue weighted by Crippen LogP contribution is -2.35. The van der Waals surface area contributed by atoms with Crippen molar-refractivity contribution in [2.24, 2.45) is 0 Å². The summed E-state index contributed by atoms with van der Waals surface area (Å²) in [5.74, 6) is 0.451. The van der Waals surface area contributed by atoms with Crippen molar-refractivity contribution in [3.63, 3.8) is 0 Å². The fourth-order valence-electron chi connectivity index (χ4n) is 3.43. The molecule has 4 rings (SSSR count). The van der Waals surface area contributed by atoms with Crippen LogP contribution in [0, 0.1) is 12.7 Å². The van der Waals surface area contributed by atoms with Crippen LogP contribution in [-0.4, -0.2) is 46.9 Å². The van der Waals surface area contributed by atoms with Crippen molar-refractivity contribution in [2.45, 2.75) is 19.9 Å². The number of furan rings is 1. The number of carbonyl (C=O) groups is 1. The first-order valence-corrected chi connectivity index (χ1v) is 10.2. The molecule has 1 saturated heterocycles. The van der Waals surface area contributed by atoms with Gasteiger partial charge in [0.25, 0.3) is 5.91 Å². The highest BCUT2D eigenvalue weighted by atomic mass is 32.1. The van der Waals surface area contributed by atoms with Crippen LogP contribution >= 0.6 is 11.3 Å². The zero-order chi connectivity index (χ0) is 19.5. The van der Waals surface area contributed by atoms with Crippen LogP contribution in [0.4, 0.5) is 4.39 Å². The van der Waals surface area contributed by atoms with E-state index < -0.39 is 0 Å². The van der Waals surface area contributed by atoms with Crippen LogP contribution < -0.4 is 0 Å². The van der Waals surface area contributed by atoms with Crippen molar-refractivity contribution in [1.29, 1.82) is 0 Å². The van der Waals surface area contributed by atoms with Gasteiger partial charge in [-0.1, -0.05) is 12.1 Å². The quantitative estimate of drug-likeness (QED) is 0.660. The number of halogens is 1. The number of thiazole rings is 1. The molecule has 146 valence electrons. The van der Waals surface area contributed by atoms with Gasteiger partial charge in [0.15, 0.2) is 10.8 Å². The molecule has 0 saturated carbocycles. The second-order valence-electron chi connectivity index (χ2n) is 6.95. The third kappa shape index (κ3) is 4.15. The molecule has 28 heavy (non-hydrogen) atoms. The molecule has 7 heteroatoms. The van der Waals surface area contributed by atoms with E-state index in [2.05, 4.69) is 9.88 Å². The van der Waals surface area contributed by atoms with Gasteiger partial charge < -0.3 is 9.32 Å². The summed E-state index contributed by atoms with van der Waals surface area (Å²) in [7, 11) is 0. The van der Waals surface area contributed by atoms with Gasteiger partial charge in [0.2, 0.25) is 0 Å². The first-order valence-electron chi connectivity index (χ1n) is 9.37. The molecule has 0 atom stereocenters. The second kappa shape index (κ2) is 8.24. The Balaban J connectivity index is 1.41. The Labute approximate surface area is 167 Å². The van der Waals surface area contributed by atoms with Gasteiger partial charge in [-0.2, -0.15) is 0 Å². The van der Waals surface area contributed by atoms with E-state index in [1.54, 1.807) is 6.26 Å². The van der Waals surface area contributed by atoms with Crippen LogP contribution in [0.15, 0.2) is 47.1 Å². The lowest BCUT2D eigenvalue weighted by Gasteiger charge is -2.21. The lowest BCUT2D eigenvalue weighted by atomic mass is 10.2. The Bertz CT molecular complexity index is 937. The Morgan fingerprint density at radius 3 is 2.75 bits per heavy atom. The molecule has 0 unspecified atom stereocenters. The molecule has 2 aromatic heterocycles. The maximum absolute atomic E-state index is 13.1. The highest BCUT2D eigenvalue weighted by molar-refractivity contribution is 7.15. The minimum atomic E-state index is -0.219.